The molecule has 5 nitrogen and oxygen atoms in total. The Bertz CT molecular complexity index is 883. The van der Waals surface area contributed by atoms with Crippen LogP contribution in [0.2, 0.25) is 0 Å². The van der Waals surface area contributed by atoms with Crippen molar-refractivity contribution in [1.29, 1.82) is 0 Å². The van der Waals surface area contributed by atoms with E-state index in [4.69, 9.17) is 4.74 Å². The molecule has 0 N–H and O–H groups in total. The van der Waals surface area contributed by atoms with Gasteiger partial charge < -0.3 is 9.64 Å². The fourth-order valence-electron chi connectivity index (χ4n) is 3.78. The van der Waals surface area contributed by atoms with Gasteiger partial charge >= 0.3 is 5.69 Å². The van der Waals surface area contributed by atoms with Crippen molar-refractivity contribution in [3.05, 3.63) is 51.9 Å². The summed E-state index contributed by atoms with van der Waals surface area (Å²) in [6.45, 7) is 3.73. The second-order valence-electron chi connectivity index (χ2n) is 6.96. The summed E-state index contributed by atoms with van der Waals surface area (Å²) in [5.41, 5.74) is 0.0858. The highest BCUT2D eigenvalue weighted by Crippen LogP contribution is 2.39. The largest absolute Gasteiger partial charge is 0.473 e. The van der Waals surface area contributed by atoms with Gasteiger partial charge in [-0.3, -0.25) is 4.57 Å². The van der Waals surface area contributed by atoms with Gasteiger partial charge in [0.15, 0.2) is 11.6 Å². The van der Waals surface area contributed by atoms with Crippen LogP contribution in [0.4, 0.5) is 14.6 Å². The number of benzene rings is 1. The number of hydrogen-bond acceptors (Lipinski definition) is 4. The Hall–Kier alpha value is -2.44. The first-order chi connectivity index (χ1) is 12.0. The zero-order valence-electron chi connectivity index (χ0n) is 14.0. The molecule has 2 aliphatic heterocycles. The molecule has 2 aliphatic rings. The van der Waals surface area contributed by atoms with Gasteiger partial charge in [-0.1, -0.05) is 6.07 Å². The van der Waals surface area contributed by atoms with E-state index in [1.165, 1.54) is 6.07 Å². The molecule has 132 valence electrons. The number of hydrogen-bond donors (Lipinski definition) is 0. The second kappa shape index (κ2) is 5.82. The number of ether oxygens (including phenoxy) is 1. The fraction of sp³-hybridized carbons (Fsp3) is 0.444. The molecule has 3 heterocycles. The third-order valence-electron chi connectivity index (χ3n) is 5.11. The summed E-state index contributed by atoms with van der Waals surface area (Å²) in [5.74, 6) is -0.799. The molecule has 0 radical (unpaired) electrons. The monoisotopic (exact) mass is 347 g/mol. The molecule has 0 spiro atoms. The fourth-order valence-corrected chi connectivity index (χ4v) is 3.78. The minimum atomic E-state index is -0.924. The number of piperidine rings is 1. The lowest BCUT2D eigenvalue weighted by molar-refractivity contribution is 0.290. The van der Waals surface area contributed by atoms with Gasteiger partial charge in [0.05, 0.1) is 12.1 Å². The standard InChI is InChI=1S/C18H19F2N3O2/c1-18-6-2-3-7-23(18)16-9-15(21-17(24)22(16)11-18)25-10-12-4-5-13(19)14(20)8-12/h4-5,8-9H,2-3,6-7,10-11H2,1H3. The van der Waals surface area contributed by atoms with Gasteiger partial charge in [-0.05, 0) is 43.9 Å². The Balaban J connectivity index is 1.59. The lowest BCUT2D eigenvalue weighted by Gasteiger charge is -2.40. The van der Waals surface area contributed by atoms with Crippen LogP contribution >= 0.6 is 0 Å². The van der Waals surface area contributed by atoms with E-state index in [1.54, 1.807) is 10.6 Å². The molecule has 0 bridgehead atoms. The van der Waals surface area contributed by atoms with Crippen LogP contribution in [0.5, 0.6) is 5.88 Å². The first-order valence-electron chi connectivity index (χ1n) is 8.43. The van der Waals surface area contributed by atoms with Gasteiger partial charge in [-0.15, -0.1) is 0 Å². The summed E-state index contributed by atoms with van der Waals surface area (Å²) < 4.78 is 33.5. The summed E-state index contributed by atoms with van der Waals surface area (Å²) in [4.78, 5) is 18.6. The zero-order chi connectivity index (χ0) is 17.6. The summed E-state index contributed by atoms with van der Waals surface area (Å²) in [6, 6.07) is 5.34. The Morgan fingerprint density at radius 1 is 1.24 bits per heavy atom. The van der Waals surface area contributed by atoms with Crippen molar-refractivity contribution in [3.8, 4) is 5.88 Å². The first-order valence-corrected chi connectivity index (χ1v) is 8.43. The van der Waals surface area contributed by atoms with Gasteiger partial charge in [0.1, 0.15) is 12.4 Å². The molecule has 1 unspecified atom stereocenters. The molecule has 2 aromatic rings. The van der Waals surface area contributed by atoms with E-state index >= 15 is 0 Å². The molecular formula is C18H19F2N3O2. The maximum absolute atomic E-state index is 13.3. The van der Waals surface area contributed by atoms with Gasteiger partial charge in [0.25, 0.3) is 0 Å². The van der Waals surface area contributed by atoms with E-state index in [0.717, 1.165) is 43.8 Å². The van der Waals surface area contributed by atoms with Crippen molar-refractivity contribution < 1.29 is 13.5 Å². The topological polar surface area (TPSA) is 47.4 Å². The highest BCUT2D eigenvalue weighted by atomic mass is 19.2. The average Bonchev–Trinajstić information content (AvgIpc) is 2.89. The van der Waals surface area contributed by atoms with Gasteiger partial charge in [0, 0.05) is 12.6 Å². The van der Waals surface area contributed by atoms with Crippen LogP contribution in [-0.4, -0.2) is 21.6 Å². The van der Waals surface area contributed by atoms with Crippen LogP contribution in [0.25, 0.3) is 0 Å². The minimum Gasteiger partial charge on any atom is -0.473 e. The number of rotatable bonds is 3. The van der Waals surface area contributed by atoms with Crippen molar-refractivity contribution in [2.75, 3.05) is 11.4 Å². The van der Waals surface area contributed by atoms with E-state index in [0.29, 0.717) is 12.1 Å². The van der Waals surface area contributed by atoms with Crippen LogP contribution < -0.4 is 15.3 Å². The lowest BCUT2D eigenvalue weighted by atomic mass is 9.90. The summed E-state index contributed by atoms with van der Waals surface area (Å²) in [5, 5.41) is 0. The molecule has 0 amide bonds. The van der Waals surface area contributed by atoms with Crippen LogP contribution in [0.3, 0.4) is 0 Å². The van der Waals surface area contributed by atoms with Gasteiger partial charge in [-0.2, -0.15) is 4.98 Å². The molecule has 1 aromatic carbocycles. The van der Waals surface area contributed by atoms with Crippen molar-refractivity contribution in [2.45, 2.75) is 44.9 Å². The van der Waals surface area contributed by atoms with E-state index in [2.05, 4.69) is 16.8 Å². The molecule has 1 saturated heterocycles. The number of halogens is 2. The predicted octanol–water partition coefficient (Wildman–Crippen LogP) is 2.86. The third kappa shape index (κ3) is 2.77. The second-order valence-corrected chi connectivity index (χ2v) is 6.96. The van der Waals surface area contributed by atoms with Crippen molar-refractivity contribution in [1.82, 2.24) is 9.55 Å². The van der Waals surface area contributed by atoms with E-state index in [1.807, 2.05) is 0 Å². The molecule has 25 heavy (non-hydrogen) atoms. The van der Waals surface area contributed by atoms with E-state index in [9.17, 15) is 13.6 Å². The van der Waals surface area contributed by atoms with Crippen LogP contribution in [-0.2, 0) is 13.2 Å². The quantitative estimate of drug-likeness (QED) is 0.857. The Labute approximate surface area is 143 Å². The molecule has 1 fully saturated rings. The summed E-state index contributed by atoms with van der Waals surface area (Å²) in [6.07, 6.45) is 3.29. The van der Waals surface area contributed by atoms with Gasteiger partial charge in [-0.25, -0.2) is 13.6 Å². The normalized spacial score (nSPS) is 21.8. The van der Waals surface area contributed by atoms with E-state index in [-0.39, 0.29) is 23.7 Å². The summed E-state index contributed by atoms with van der Waals surface area (Å²) >= 11 is 0. The van der Waals surface area contributed by atoms with Crippen LogP contribution in [0, 0.1) is 11.6 Å². The number of nitrogens with zero attached hydrogens (tertiary/aromatic N) is 3. The molecule has 0 aliphatic carbocycles. The predicted molar refractivity (Wildman–Crippen MR) is 88.8 cm³/mol. The molecule has 1 aromatic heterocycles. The maximum Gasteiger partial charge on any atom is 0.352 e. The SMILES string of the molecule is CC12CCCCN1c1cc(OCc3ccc(F)c(F)c3)nc(=O)n1C2. The highest BCUT2D eigenvalue weighted by Gasteiger charge is 2.42. The molecule has 4 rings (SSSR count). The number of fused-ring (bicyclic) bond motifs is 3. The molecule has 7 heteroatoms. The number of aromatic nitrogens is 2. The Morgan fingerprint density at radius 3 is 2.88 bits per heavy atom. The zero-order valence-corrected chi connectivity index (χ0v) is 14.0. The Morgan fingerprint density at radius 2 is 2.08 bits per heavy atom. The molecule has 1 atom stereocenters. The van der Waals surface area contributed by atoms with Crippen molar-refractivity contribution in [2.24, 2.45) is 0 Å². The lowest BCUT2D eigenvalue weighted by Crippen LogP contribution is -2.47. The average molecular weight is 347 g/mol. The molecule has 0 saturated carbocycles. The van der Waals surface area contributed by atoms with E-state index < -0.39 is 11.6 Å². The Kier molecular flexibility index (Phi) is 3.74. The summed E-state index contributed by atoms with van der Waals surface area (Å²) in [7, 11) is 0. The minimum absolute atomic E-state index is 0.0182. The van der Waals surface area contributed by atoms with Crippen molar-refractivity contribution in [3.63, 3.8) is 0 Å². The van der Waals surface area contributed by atoms with Crippen LogP contribution in [0.1, 0.15) is 31.7 Å². The first kappa shape index (κ1) is 16.1. The maximum atomic E-state index is 13.3. The highest BCUT2D eigenvalue weighted by molar-refractivity contribution is 5.49. The molecular weight excluding hydrogens is 328 g/mol. The van der Waals surface area contributed by atoms with Crippen LogP contribution in [0.15, 0.2) is 29.1 Å². The third-order valence-corrected chi connectivity index (χ3v) is 5.11. The number of anilines is 1. The smallest absolute Gasteiger partial charge is 0.352 e. The van der Waals surface area contributed by atoms with Crippen molar-refractivity contribution >= 4 is 5.82 Å². The van der Waals surface area contributed by atoms with Gasteiger partial charge in [0.2, 0.25) is 5.88 Å².